The summed E-state index contributed by atoms with van der Waals surface area (Å²) in [7, 11) is 0. The zero-order valence-electron chi connectivity index (χ0n) is 4.31. The zero-order chi connectivity index (χ0) is 6.04. The van der Waals surface area contributed by atoms with Crippen molar-refractivity contribution in [3.05, 3.63) is 0 Å². The highest BCUT2D eigenvalue weighted by Crippen LogP contribution is 2.18. The van der Waals surface area contributed by atoms with Crippen LogP contribution < -0.4 is 5.32 Å². The molecule has 0 bridgehead atoms. The summed E-state index contributed by atoms with van der Waals surface area (Å²) in [4.78, 5) is 0. The number of hydrogen-bond acceptors (Lipinski definition) is 3. The summed E-state index contributed by atoms with van der Waals surface area (Å²) in [6, 6.07) is 3.88. The number of nitrogens with zero attached hydrogens (tertiary/aromatic N) is 2. The van der Waals surface area contributed by atoms with Crippen molar-refractivity contribution in [1.29, 1.82) is 10.5 Å². The van der Waals surface area contributed by atoms with Crippen molar-refractivity contribution >= 4 is 0 Å². The molecule has 0 unspecified atom stereocenters. The van der Waals surface area contributed by atoms with Crippen LogP contribution in [0.5, 0.6) is 0 Å². The standard InChI is InChI=1S/C5H5N3/c6-1-5(2-7)3-8-4-5/h8H,3-4H2. The Morgan fingerprint density at radius 1 is 1.25 bits per heavy atom. The van der Waals surface area contributed by atoms with Gasteiger partial charge in [0.2, 0.25) is 0 Å². The van der Waals surface area contributed by atoms with Crippen LogP contribution in [0.15, 0.2) is 0 Å². The monoisotopic (exact) mass is 107 g/mol. The first-order valence-electron chi connectivity index (χ1n) is 2.36. The molecule has 1 aliphatic heterocycles. The second kappa shape index (κ2) is 1.47. The quantitative estimate of drug-likeness (QED) is 0.459. The van der Waals surface area contributed by atoms with Crippen molar-refractivity contribution in [2.75, 3.05) is 13.1 Å². The van der Waals surface area contributed by atoms with Gasteiger partial charge < -0.3 is 5.32 Å². The molecule has 3 nitrogen and oxygen atoms in total. The van der Waals surface area contributed by atoms with Gasteiger partial charge in [0, 0.05) is 13.1 Å². The lowest BCUT2D eigenvalue weighted by molar-refractivity contribution is 0.333. The molecule has 1 N–H and O–H groups in total. The summed E-state index contributed by atoms with van der Waals surface area (Å²) < 4.78 is 0. The smallest absolute Gasteiger partial charge is 0.168 e. The molecule has 0 aromatic rings. The highest BCUT2D eigenvalue weighted by molar-refractivity contribution is 5.20. The van der Waals surface area contributed by atoms with Gasteiger partial charge in [0.1, 0.15) is 0 Å². The average Bonchev–Trinajstić information content (AvgIpc) is 1.67. The highest BCUT2D eigenvalue weighted by atomic mass is 15.0. The first-order valence-corrected chi connectivity index (χ1v) is 2.36. The van der Waals surface area contributed by atoms with Gasteiger partial charge >= 0.3 is 0 Å². The van der Waals surface area contributed by atoms with E-state index in [1.54, 1.807) is 0 Å². The minimum absolute atomic E-state index is 0.528. The molecule has 1 fully saturated rings. The SMILES string of the molecule is N#CC1(C#N)CNC1. The Hall–Kier alpha value is -1.06. The highest BCUT2D eigenvalue weighted by Gasteiger charge is 2.36. The van der Waals surface area contributed by atoms with Crippen LogP contribution in [0.2, 0.25) is 0 Å². The summed E-state index contributed by atoms with van der Waals surface area (Å²) in [5.74, 6) is 0. The fraction of sp³-hybridized carbons (Fsp3) is 0.600. The Kier molecular flexibility index (Phi) is 0.932. The first kappa shape index (κ1) is 5.08. The topological polar surface area (TPSA) is 59.6 Å². The molecular formula is C5H5N3. The van der Waals surface area contributed by atoms with Gasteiger partial charge in [-0.1, -0.05) is 0 Å². The lowest BCUT2D eigenvalue weighted by Crippen LogP contribution is -2.51. The Morgan fingerprint density at radius 3 is 1.75 bits per heavy atom. The molecule has 8 heavy (non-hydrogen) atoms. The third-order valence-corrected chi connectivity index (χ3v) is 1.28. The Balaban J connectivity index is 2.66. The number of rotatable bonds is 0. The molecule has 0 aromatic carbocycles. The van der Waals surface area contributed by atoms with Gasteiger partial charge in [0.15, 0.2) is 5.41 Å². The van der Waals surface area contributed by atoms with E-state index >= 15 is 0 Å². The van der Waals surface area contributed by atoms with Crippen molar-refractivity contribution in [1.82, 2.24) is 5.32 Å². The second-order valence-electron chi connectivity index (χ2n) is 1.91. The summed E-state index contributed by atoms with van der Waals surface area (Å²) in [5.41, 5.74) is -0.694. The van der Waals surface area contributed by atoms with E-state index in [-0.39, 0.29) is 0 Å². The molecule has 1 aliphatic rings. The maximum absolute atomic E-state index is 8.32. The van der Waals surface area contributed by atoms with Gasteiger partial charge in [-0.25, -0.2) is 0 Å². The van der Waals surface area contributed by atoms with Crippen molar-refractivity contribution in [3.63, 3.8) is 0 Å². The Labute approximate surface area is 47.5 Å². The average molecular weight is 107 g/mol. The third kappa shape index (κ3) is 0.458. The van der Waals surface area contributed by atoms with Crippen LogP contribution in [0.3, 0.4) is 0 Å². The normalized spacial score (nSPS) is 22.2. The molecule has 1 heterocycles. The molecule has 0 amide bonds. The minimum atomic E-state index is -0.694. The van der Waals surface area contributed by atoms with E-state index < -0.39 is 5.41 Å². The van der Waals surface area contributed by atoms with Crippen molar-refractivity contribution < 1.29 is 0 Å². The number of hydrogen-bond donors (Lipinski definition) is 1. The summed E-state index contributed by atoms with van der Waals surface area (Å²) in [6.45, 7) is 1.06. The maximum atomic E-state index is 8.32. The molecule has 0 aromatic heterocycles. The molecular weight excluding hydrogens is 102 g/mol. The van der Waals surface area contributed by atoms with Gasteiger partial charge in [-0.2, -0.15) is 10.5 Å². The van der Waals surface area contributed by atoms with Gasteiger partial charge in [-0.3, -0.25) is 0 Å². The number of nitriles is 2. The molecule has 40 valence electrons. The molecule has 3 heteroatoms. The van der Waals surface area contributed by atoms with Crippen LogP contribution in [-0.2, 0) is 0 Å². The fourth-order valence-corrected chi connectivity index (χ4v) is 0.558. The van der Waals surface area contributed by atoms with Crippen LogP contribution in [0.25, 0.3) is 0 Å². The van der Waals surface area contributed by atoms with Gasteiger partial charge in [-0.15, -0.1) is 0 Å². The number of nitrogens with one attached hydrogen (secondary N) is 1. The molecule has 0 atom stereocenters. The van der Waals surface area contributed by atoms with Crippen molar-refractivity contribution in [2.24, 2.45) is 5.41 Å². The van der Waals surface area contributed by atoms with Crippen LogP contribution in [-0.4, -0.2) is 13.1 Å². The zero-order valence-corrected chi connectivity index (χ0v) is 4.31. The minimum Gasteiger partial charge on any atom is -0.311 e. The molecule has 0 spiro atoms. The summed E-state index contributed by atoms with van der Waals surface area (Å²) in [5, 5.41) is 19.5. The third-order valence-electron chi connectivity index (χ3n) is 1.28. The lowest BCUT2D eigenvalue weighted by Gasteiger charge is -2.28. The first-order chi connectivity index (χ1) is 3.83. The molecule has 1 saturated heterocycles. The molecule has 1 rings (SSSR count). The van der Waals surface area contributed by atoms with Gasteiger partial charge in [0.05, 0.1) is 12.1 Å². The van der Waals surface area contributed by atoms with Gasteiger partial charge in [-0.05, 0) is 0 Å². The maximum Gasteiger partial charge on any atom is 0.168 e. The van der Waals surface area contributed by atoms with Crippen LogP contribution >= 0.6 is 0 Å². The van der Waals surface area contributed by atoms with E-state index in [1.165, 1.54) is 0 Å². The van der Waals surface area contributed by atoms with E-state index in [0.717, 1.165) is 0 Å². The molecule has 0 radical (unpaired) electrons. The predicted octanol–water partition coefficient (Wildman–Crippen LogP) is -0.377. The van der Waals surface area contributed by atoms with E-state index in [0.29, 0.717) is 13.1 Å². The fourth-order valence-electron chi connectivity index (χ4n) is 0.558. The molecule has 0 aliphatic carbocycles. The lowest BCUT2D eigenvalue weighted by atomic mass is 9.86. The van der Waals surface area contributed by atoms with Crippen LogP contribution in [0, 0.1) is 28.1 Å². The Bertz CT molecular complexity index is 151. The van der Waals surface area contributed by atoms with Crippen LogP contribution in [0.4, 0.5) is 0 Å². The second-order valence-corrected chi connectivity index (χ2v) is 1.91. The van der Waals surface area contributed by atoms with Crippen molar-refractivity contribution in [2.45, 2.75) is 0 Å². The van der Waals surface area contributed by atoms with E-state index in [2.05, 4.69) is 5.32 Å². The van der Waals surface area contributed by atoms with E-state index in [1.807, 2.05) is 12.1 Å². The molecule has 0 saturated carbocycles. The largest absolute Gasteiger partial charge is 0.311 e. The predicted molar refractivity (Wildman–Crippen MR) is 26.5 cm³/mol. The van der Waals surface area contributed by atoms with Crippen molar-refractivity contribution in [3.8, 4) is 12.1 Å². The van der Waals surface area contributed by atoms with E-state index in [4.69, 9.17) is 10.5 Å². The summed E-state index contributed by atoms with van der Waals surface area (Å²) >= 11 is 0. The Morgan fingerprint density at radius 2 is 1.75 bits per heavy atom. The van der Waals surface area contributed by atoms with Crippen LogP contribution in [0.1, 0.15) is 0 Å². The van der Waals surface area contributed by atoms with Gasteiger partial charge in [0.25, 0.3) is 0 Å². The summed E-state index contributed by atoms with van der Waals surface area (Å²) in [6.07, 6.45) is 0. The van der Waals surface area contributed by atoms with E-state index in [9.17, 15) is 0 Å².